The predicted octanol–water partition coefficient (Wildman–Crippen LogP) is 1.18. The molecule has 0 aliphatic carbocycles. The molecule has 0 aliphatic heterocycles. The number of hydrogen-bond acceptors (Lipinski definition) is 3. The van der Waals surface area contributed by atoms with Gasteiger partial charge in [0.2, 0.25) is 0 Å². The van der Waals surface area contributed by atoms with Crippen molar-refractivity contribution in [2.24, 2.45) is 0 Å². The van der Waals surface area contributed by atoms with Crippen LogP contribution in [0.25, 0.3) is 21.8 Å². The Morgan fingerprint density at radius 3 is 2.94 bits per heavy atom. The van der Waals surface area contributed by atoms with Crippen LogP contribution in [0.3, 0.4) is 0 Å². The van der Waals surface area contributed by atoms with Crippen LogP contribution < -0.4 is 5.56 Å². The van der Waals surface area contributed by atoms with E-state index in [-0.39, 0.29) is 12.2 Å². The summed E-state index contributed by atoms with van der Waals surface area (Å²) in [6.45, 7) is 2.06. The first-order chi connectivity index (χ1) is 8.74. The maximum absolute atomic E-state index is 12.4. The molecule has 3 rings (SSSR count). The normalized spacial score (nSPS) is 11.4. The number of hydrogen-bond donors (Lipinski definition) is 2. The fourth-order valence-electron chi connectivity index (χ4n) is 2.36. The van der Waals surface area contributed by atoms with E-state index in [4.69, 9.17) is 5.11 Å². The number of nitrogens with one attached hydrogen (secondary N) is 1. The van der Waals surface area contributed by atoms with Gasteiger partial charge < -0.3 is 9.67 Å². The third-order valence-electron chi connectivity index (χ3n) is 3.18. The molecule has 0 bridgehead atoms. The zero-order valence-electron chi connectivity index (χ0n) is 9.97. The molecule has 0 unspecified atom stereocenters. The van der Waals surface area contributed by atoms with Gasteiger partial charge in [-0.3, -0.25) is 9.89 Å². The van der Waals surface area contributed by atoms with E-state index in [1.54, 1.807) is 4.57 Å². The highest BCUT2D eigenvalue weighted by molar-refractivity contribution is 6.03. The molecule has 92 valence electrons. The van der Waals surface area contributed by atoms with E-state index >= 15 is 0 Å². The van der Waals surface area contributed by atoms with Gasteiger partial charge in [-0.2, -0.15) is 5.10 Å². The first-order valence-corrected chi connectivity index (χ1v) is 5.81. The van der Waals surface area contributed by atoms with Crippen molar-refractivity contribution in [1.82, 2.24) is 14.8 Å². The van der Waals surface area contributed by atoms with Crippen molar-refractivity contribution in [3.8, 4) is 0 Å². The van der Waals surface area contributed by atoms with Crippen LogP contribution in [0.1, 0.15) is 5.69 Å². The van der Waals surface area contributed by atoms with Crippen molar-refractivity contribution >= 4 is 21.8 Å². The van der Waals surface area contributed by atoms with Crippen LogP contribution in [-0.4, -0.2) is 26.5 Å². The van der Waals surface area contributed by atoms with Gasteiger partial charge in [-0.1, -0.05) is 18.2 Å². The molecule has 0 spiro atoms. The number of aromatic nitrogens is 3. The zero-order valence-corrected chi connectivity index (χ0v) is 9.97. The summed E-state index contributed by atoms with van der Waals surface area (Å²) in [7, 11) is 0. The van der Waals surface area contributed by atoms with Crippen LogP contribution in [0.2, 0.25) is 0 Å². The van der Waals surface area contributed by atoms with Crippen LogP contribution in [-0.2, 0) is 6.54 Å². The summed E-state index contributed by atoms with van der Waals surface area (Å²) in [4.78, 5) is 12.4. The number of fused-ring (bicyclic) bond motifs is 3. The Hall–Kier alpha value is -2.14. The molecular weight excluding hydrogens is 230 g/mol. The molecule has 2 aromatic heterocycles. The van der Waals surface area contributed by atoms with Gasteiger partial charge in [-0.05, 0) is 13.0 Å². The smallest absolute Gasteiger partial charge is 0.262 e. The molecule has 2 N–H and O–H groups in total. The van der Waals surface area contributed by atoms with Gasteiger partial charge in [0.05, 0.1) is 17.5 Å². The maximum atomic E-state index is 12.4. The predicted molar refractivity (Wildman–Crippen MR) is 69.7 cm³/mol. The van der Waals surface area contributed by atoms with Gasteiger partial charge >= 0.3 is 0 Å². The maximum Gasteiger partial charge on any atom is 0.262 e. The number of benzene rings is 1. The Bertz CT molecular complexity index is 786. The average molecular weight is 243 g/mol. The molecular formula is C13H13N3O2. The number of aromatic amines is 1. The largest absolute Gasteiger partial charge is 0.395 e. The van der Waals surface area contributed by atoms with E-state index in [0.717, 1.165) is 16.6 Å². The van der Waals surface area contributed by atoms with Crippen molar-refractivity contribution < 1.29 is 5.11 Å². The summed E-state index contributed by atoms with van der Waals surface area (Å²) in [6, 6.07) is 7.60. The number of aryl methyl sites for hydroxylation is 1. The molecule has 0 radical (unpaired) electrons. The molecule has 2 heterocycles. The van der Waals surface area contributed by atoms with E-state index in [0.29, 0.717) is 17.4 Å². The Kier molecular flexibility index (Phi) is 2.41. The number of aliphatic hydroxyl groups is 1. The van der Waals surface area contributed by atoms with Gasteiger partial charge in [0.15, 0.2) is 0 Å². The summed E-state index contributed by atoms with van der Waals surface area (Å²) in [5.41, 5.74) is 2.15. The van der Waals surface area contributed by atoms with Gasteiger partial charge in [0.1, 0.15) is 5.52 Å². The van der Waals surface area contributed by atoms with Crippen molar-refractivity contribution in [3.05, 3.63) is 40.3 Å². The highest BCUT2D eigenvalue weighted by Crippen LogP contribution is 2.22. The lowest BCUT2D eigenvalue weighted by molar-refractivity contribution is 0.276. The number of aliphatic hydroxyl groups excluding tert-OH is 1. The van der Waals surface area contributed by atoms with Crippen LogP contribution >= 0.6 is 0 Å². The lowest BCUT2D eigenvalue weighted by atomic mass is 10.1. The molecule has 0 atom stereocenters. The van der Waals surface area contributed by atoms with Gasteiger partial charge in [-0.15, -0.1) is 0 Å². The number of nitrogens with zero attached hydrogens (tertiary/aromatic N) is 2. The molecule has 5 heteroatoms. The average Bonchev–Trinajstić information content (AvgIpc) is 2.77. The molecule has 0 aliphatic rings. The lowest BCUT2D eigenvalue weighted by Gasteiger charge is -2.09. The second-order valence-electron chi connectivity index (χ2n) is 4.27. The first-order valence-electron chi connectivity index (χ1n) is 5.81. The van der Waals surface area contributed by atoms with Gasteiger partial charge in [0, 0.05) is 17.6 Å². The monoisotopic (exact) mass is 243 g/mol. The Morgan fingerprint density at radius 2 is 2.17 bits per heavy atom. The standard InChI is InChI=1S/C13H13N3O2/c1-8-11-12(15-14-8)9-4-2-3-5-10(9)16(6-7-17)13(11)18/h2-5,17H,6-7H2,1H3,(H,14,15). The third-order valence-corrected chi connectivity index (χ3v) is 3.18. The Balaban J connectivity index is 2.59. The van der Waals surface area contributed by atoms with E-state index < -0.39 is 0 Å². The van der Waals surface area contributed by atoms with E-state index in [9.17, 15) is 4.79 Å². The second kappa shape index (κ2) is 3.96. The molecule has 0 fully saturated rings. The zero-order chi connectivity index (χ0) is 12.7. The summed E-state index contributed by atoms with van der Waals surface area (Å²) in [6.07, 6.45) is 0. The van der Waals surface area contributed by atoms with Crippen LogP contribution in [0.15, 0.2) is 29.1 Å². The highest BCUT2D eigenvalue weighted by Gasteiger charge is 2.14. The summed E-state index contributed by atoms with van der Waals surface area (Å²) in [5, 5.41) is 17.7. The van der Waals surface area contributed by atoms with Crippen LogP contribution in [0, 0.1) is 6.92 Å². The second-order valence-corrected chi connectivity index (χ2v) is 4.27. The highest BCUT2D eigenvalue weighted by atomic mass is 16.3. The molecule has 0 saturated heterocycles. The molecule has 0 saturated carbocycles. The van der Waals surface area contributed by atoms with Gasteiger partial charge in [0.25, 0.3) is 5.56 Å². The fourth-order valence-corrected chi connectivity index (χ4v) is 2.36. The number of para-hydroxylation sites is 1. The van der Waals surface area contributed by atoms with Crippen LogP contribution in [0.5, 0.6) is 0 Å². The Morgan fingerprint density at radius 1 is 1.39 bits per heavy atom. The van der Waals surface area contributed by atoms with Crippen molar-refractivity contribution in [2.75, 3.05) is 6.61 Å². The molecule has 0 amide bonds. The SMILES string of the molecule is Cc1[nH]nc2c1c(=O)n(CCO)c1ccccc21. The minimum atomic E-state index is -0.107. The number of H-pyrrole nitrogens is 1. The van der Waals surface area contributed by atoms with E-state index in [2.05, 4.69) is 10.2 Å². The molecule has 18 heavy (non-hydrogen) atoms. The minimum absolute atomic E-state index is 0.0632. The van der Waals surface area contributed by atoms with E-state index in [1.165, 1.54) is 0 Å². The summed E-state index contributed by atoms with van der Waals surface area (Å²) in [5.74, 6) is 0. The van der Waals surface area contributed by atoms with Crippen molar-refractivity contribution in [2.45, 2.75) is 13.5 Å². The minimum Gasteiger partial charge on any atom is -0.395 e. The number of pyridine rings is 1. The fraction of sp³-hybridized carbons (Fsp3) is 0.231. The van der Waals surface area contributed by atoms with Crippen molar-refractivity contribution in [3.63, 3.8) is 0 Å². The molecule has 5 nitrogen and oxygen atoms in total. The number of rotatable bonds is 2. The summed E-state index contributed by atoms with van der Waals surface area (Å²) < 4.78 is 1.60. The molecule has 3 aromatic rings. The van der Waals surface area contributed by atoms with Gasteiger partial charge in [-0.25, -0.2) is 0 Å². The quantitative estimate of drug-likeness (QED) is 0.710. The third kappa shape index (κ3) is 1.37. The summed E-state index contributed by atoms with van der Waals surface area (Å²) >= 11 is 0. The molecule has 1 aromatic carbocycles. The lowest BCUT2D eigenvalue weighted by Crippen LogP contribution is -2.22. The first kappa shape index (κ1) is 11.0. The van der Waals surface area contributed by atoms with Crippen LogP contribution in [0.4, 0.5) is 0 Å². The Labute approximate surface area is 103 Å². The van der Waals surface area contributed by atoms with Crippen molar-refractivity contribution in [1.29, 1.82) is 0 Å². The van der Waals surface area contributed by atoms with E-state index in [1.807, 2.05) is 31.2 Å². The topological polar surface area (TPSA) is 70.9 Å².